The second kappa shape index (κ2) is 18.6. The van der Waals surface area contributed by atoms with Gasteiger partial charge in [-0.05, 0) is 92.9 Å². The highest BCUT2D eigenvalue weighted by atomic mass is 16.7. The number of hydrogen-bond donors (Lipinski definition) is 3. The number of aliphatic hydroxyl groups excluding tert-OH is 1. The number of benzene rings is 3. The van der Waals surface area contributed by atoms with Crippen molar-refractivity contribution in [2.45, 2.75) is 122 Å². The molecule has 2 aliphatic rings. The predicted molar refractivity (Wildman–Crippen MR) is 198 cm³/mol. The maximum Gasteiger partial charge on any atom is 0.323 e. The van der Waals surface area contributed by atoms with Gasteiger partial charge in [0.15, 0.2) is 6.29 Å². The average molecular weight is 715 g/mol. The first-order chi connectivity index (χ1) is 25.0. The zero-order valence-electron chi connectivity index (χ0n) is 30.7. The van der Waals surface area contributed by atoms with E-state index in [4.69, 9.17) is 19.3 Å². The highest BCUT2D eigenvalue weighted by Crippen LogP contribution is 2.39. The smallest absolute Gasteiger partial charge is 0.323 e. The van der Waals surface area contributed by atoms with E-state index in [0.29, 0.717) is 32.4 Å². The van der Waals surface area contributed by atoms with Crippen molar-refractivity contribution in [3.05, 3.63) is 95.1 Å². The molecule has 10 heteroatoms. The van der Waals surface area contributed by atoms with Crippen molar-refractivity contribution in [3.63, 3.8) is 0 Å². The van der Waals surface area contributed by atoms with Gasteiger partial charge in [-0.1, -0.05) is 73.5 Å². The summed E-state index contributed by atoms with van der Waals surface area (Å²) in [5.74, 6) is -0.988. The van der Waals surface area contributed by atoms with Gasteiger partial charge in [0.2, 0.25) is 5.91 Å². The third-order valence-electron chi connectivity index (χ3n) is 9.55. The molecule has 2 aliphatic heterocycles. The van der Waals surface area contributed by atoms with Gasteiger partial charge >= 0.3 is 11.9 Å². The summed E-state index contributed by atoms with van der Waals surface area (Å²) >= 11 is 0. The van der Waals surface area contributed by atoms with Gasteiger partial charge < -0.3 is 29.7 Å². The van der Waals surface area contributed by atoms with Crippen LogP contribution in [0.3, 0.4) is 0 Å². The lowest BCUT2D eigenvalue weighted by Gasteiger charge is -2.38. The lowest BCUT2D eigenvalue weighted by atomic mass is 9.98. The molecule has 5 rings (SSSR count). The zero-order valence-corrected chi connectivity index (χ0v) is 30.7. The number of likely N-dealkylation sites (tertiary alicyclic amines) is 1. The first-order valence-electron chi connectivity index (χ1n) is 18.6. The highest BCUT2D eigenvalue weighted by Gasteiger charge is 2.39. The fraction of sp³-hybridized carbons (Fsp3) is 0.500. The summed E-state index contributed by atoms with van der Waals surface area (Å²) in [6, 6.07) is 23.8. The second-order valence-corrected chi connectivity index (χ2v) is 14.9. The van der Waals surface area contributed by atoms with Gasteiger partial charge in [-0.25, -0.2) is 0 Å². The standard InChI is InChI=1S/C42H54N2O8/c1-42(2,3)52-40(49)36-15-10-22-44(36)27-35-25-37(31-20-18-29(28-45)19-21-31)51-41(50-35)34-14-9-13-33(24-34)32-12-8-11-30(23-32)26-43-38(46)16-6-4-5-7-17-39(47)48/h8-9,11-14,18-21,23-24,35-37,41,45H,4-7,10,15-17,22,25-28H2,1-3H3,(H,43,46)(H,47,48)/t35-,36-,37+,41+/m0/s1. The van der Waals surface area contributed by atoms with Crippen molar-refractivity contribution in [2.75, 3.05) is 13.1 Å². The number of amides is 1. The van der Waals surface area contributed by atoms with Crippen molar-refractivity contribution in [1.29, 1.82) is 0 Å². The molecule has 2 fully saturated rings. The molecule has 52 heavy (non-hydrogen) atoms. The summed E-state index contributed by atoms with van der Waals surface area (Å²) in [7, 11) is 0. The number of aliphatic carboxylic acids is 1. The number of hydrogen-bond acceptors (Lipinski definition) is 8. The molecule has 4 atom stereocenters. The maximum absolute atomic E-state index is 13.1. The van der Waals surface area contributed by atoms with Crippen LogP contribution in [0, 0.1) is 0 Å². The van der Waals surface area contributed by atoms with Crippen LogP contribution >= 0.6 is 0 Å². The Kier molecular flexibility index (Phi) is 14.0. The second-order valence-electron chi connectivity index (χ2n) is 14.9. The van der Waals surface area contributed by atoms with E-state index < -0.39 is 17.9 Å². The molecular formula is C42H54N2O8. The number of esters is 1. The van der Waals surface area contributed by atoms with Gasteiger partial charge in [0.25, 0.3) is 0 Å². The van der Waals surface area contributed by atoms with Gasteiger partial charge in [-0.15, -0.1) is 0 Å². The number of nitrogens with one attached hydrogen (secondary N) is 1. The number of unbranched alkanes of at least 4 members (excludes halogenated alkanes) is 3. The van der Waals surface area contributed by atoms with Crippen molar-refractivity contribution in [3.8, 4) is 11.1 Å². The lowest BCUT2D eigenvalue weighted by molar-refractivity contribution is -0.253. The molecule has 0 saturated carbocycles. The van der Waals surface area contributed by atoms with Gasteiger partial charge in [0.1, 0.15) is 11.6 Å². The van der Waals surface area contributed by atoms with Crippen molar-refractivity contribution >= 4 is 17.8 Å². The minimum Gasteiger partial charge on any atom is -0.481 e. The molecule has 3 N–H and O–H groups in total. The van der Waals surface area contributed by atoms with Gasteiger partial charge in [-0.3, -0.25) is 19.3 Å². The van der Waals surface area contributed by atoms with E-state index in [-0.39, 0.29) is 43.2 Å². The molecule has 0 unspecified atom stereocenters. The molecule has 0 radical (unpaired) electrons. The van der Waals surface area contributed by atoms with Gasteiger partial charge in [-0.2, -0.15) is 0 Å². The molecule has 3 aromatic carbocycles. The van der Waals surface area contributed by atoms with E-state index >= 15 is 0 Å². The van der Waals surface area contributed by atoms with Crippen LogP contribution in [0.1, 0.15) is 113 Å². The molecule has 2 heterocycles. The Bertz CT molecular complexity index is 1640. The normalized spacial score (nSPS) is 20.8. The largest absolute Gasteiger partial charge is 0.481 e. The number of ether oxygens (including phenoxy) is 3. The van der Waals surface area contributed by atoms with Crippen molar-refractivity contribution in [2.24, 2.45) is 0 Å². The van der Waals surface area contributed by atoms with Crippen LogP contribution in [-0.4, -0.2) is 63.8 Å². The summed E-state index contributed by atoms with van der Waals surface area (Å²) in [6.45, 7) is 7.44. The minimum atomic E-state index is -0.782. The Labute approximate surface area is 307 Å². The average Bonchev–Trinajstić information content (AvgIpc) is 3.60. The zero-order chi connectivity index (χ0) is 37.1. The third-order valence-corrected chi connectivity index (χ3v) is 9.55. The monoisotopic (exact) mass is 714 g/mol. The van der Waals surface area contributed by atoms with Gasteiger partial charge in [0, 0.05) is 37.9 Å². The molecule has 0 bridgehead atoms. The number of carbonyl (C=O) groups is 3. The van der Waals surface area contributed by atoms with Crippen LogP contribution in [0.15, 0.2) is 72.8 Å². The number of nitrogens with zero attached hydrogens (tertiary/aromatic N) is 1. The molecule has 2 saturated heterocycles. The number of carboxylic acid groups (broad SMARTS) is 1. The first-order valence-corrected chi connectivity index (χ1v) is 18.6. The van der Waals surface area contributed by atoms with Crippen LogP contribution in [0.5, 0.6) is 0 Å². The summed E-state index contributed by atoms with van der Waals surface area (Å²) < 4.78 is 19.1. The Morgan fingerprint density at radius 2 is 1.58 bits per heavy atom. The molecule has 1 amide bonds. The Hall–Kier alpha value is -4.09. The van der Waals surface area contributed by atoms with Crippen LogP contribution in [0.4, 0.5) is 0 Å². The molecule has 0 aliphatic carbocycles. The maximum atomic E-state index is 13.1. The summed E-state index contributed by atoms with van der Waals surface area (Å²) in [5.41, 5.74) is 5.15. The number of carboxylic acids is 1. The predicted octanol–water partition coefficient (Wildman–Crippen LogP) is 7.24. The number of carbonyl (C=O) groups excluding carboxylic acids is 2. The number of rotatable bonds is 16. The van der Waals surface area contributed by atoms with Crippen LogP contribution in [-0.2, 0) is 41.7 Å². The van der Waals surface area contributed by atoms with E-state index in [2.05, 4.69) is 22.3 Å². The highest BCUT2D eigenvalue weighted by molar-refractivity contribution is 5.77. The van der Waals surface area contributed by atoms with E-state index in [1.54, 1.807) is 0 Å². The lowest BCUT2D eigenvalue weighted by Crippen LogP contribution is -2.45. The summed E-state index contributed by atoms with van der Waals surface area (Å²) in [4.78, 5) is 38.4. The topological polar surface area (TPSA) is 135 Å². The summed E-state index contributed by atoms with van der Waals surface area (Å²) in [5, 5.41) is 21.4. The Morgan fingerprint density at radius 3 is 2.29 bits per heavy atom. The van der Waals surface area contributed by atoms with E-state index in [9.17, 15) is 19.5 Å². The molecule has 280 valence electrons. The quantitative estimate of drug-likeness (QED) is 0.104. The van der Waals surface area contributed by atoms with Crippen LogP contribution in [0.25, 0.3) is 11.1 Å². The SMILES string of the molecule is CC(C)(C)OC(=O)[C@@H]1CCCN1C[C@@H]1C[C@H](c2ccc(CO)cc2)O[C@H](c2cccc(-c3cccc(CNC(=O)CCCCCCC(=O)O)c3)c2)O1. The van der Waals surface area contributed by atoms with Gasteiger partial charge in [0.05, 0.1) is 18.8 Å². The first kappa shape index (κ1) is 39.1. The Morgan fingerprint density at radius 1 is 0.865 bits per heavy atom. The molecular weight excluding hydrogens is 660 g/mol. The van der Waals surface area contributed by atoms with E-state index in [1.807, 2.05) is 81.4 Å². The molecule has 0 aromatic heterocycles. The molecule has 3 aromatic rings. The molecule has 10 nitrogen and oxygen atoms in total. The van der Waals surface area contributed by atoms with Crippen LogP contribution in [0.2, 0.25) is 0 Å². The fourth-order valence-corrected chi connectivity index (χ4v) is 6.91. The fourth-order valence-electron chi connectivity index (χ4n) is 6.91. The molecule has 0 spiro atoms. The van der Waals surface area contributed by atoms with Crippen molar-refractivity contribution in [1.82, 2.24) is 10.2 Å². The van der Waals surface area contributed by atoms with E-state index in [1.165, 1.54) is 0 Å². The van der Waals surface area contributed by atoms with Crippen LogP contribution < -0.4 is 5.32 Å². The third kappa shape index (κ3) is 11.7. The number of aliphatic hydroxyl groups is 1. The van der Waals surface area contributed by atoms with E-state index in [0.717, 1.165) is 72.0 Å². The Balaban J connectivity index is 1.26. The van der Waals surface area contributed by atoms with Crippen molar-refractivity contribution < 1.29 is 38.8 Å². The summed E-state index contributed by atoms with van der Waals surface area (Å²) in [6.07, 6.45) is 4.81. The minimum absolute atomic E-state index is 0.0151.